The van der Waals surface area contributed by atoms with Crippen molar-refractivity contribution in [2.45, 2.75) is 19.9 Å². The van der Waals surface area contributed by atoms with E-state index in [1.54, 1.807) is 21.1 Å². The van der Waals surface area contributed by atoms with E-state index >= 15 is 0 Å². The third kappa shape index (κ3) is 4.92. The summed E-state index contributed by atoms with van der Waals surface area (Å²) in [6.45, 7) is 4.62. The van der Waals surface area contributed by atoms with Gasteiger partial charge in [-0.1, -0.05) is 0 Å². The van der Waals surface area contributed by atoms with E-state index in [-0.39, 0.29) is 11.8 Å². The molecule has 92 valence electrons. The van der Waals surface area contributed by atoms with Crippen molar-refractivity contribution >= 4 is 10.0 Å². The lowest BCUT2D eigenvalue weighted by atomic mass is 10.3. The highest BCUT2D eigenvalue weighted by Gasteiger charge is 2.25. The van der Waals surface area contributed by atoms with Crippen molar-refractivity contribution in [1.82, 2.24) is 4.31 Å². The minimum Gasteiger partial charge on any atom is -0.383 e. The fourth-order valence-electron chi connectivity index (χ4n) is 1.31. The molecule has 15 heavy (non-hydrogen) atoms. The van der Waals surface area contributed by atoms with Crippen molar-refractivity contribution in [2.24, 2.45) is 0 Å². The lowest BCUT2D eigenvalue weighted by Gasteiger charge is -2.27. The van der Waals surface area contributed by atoms with E-state index in [2.05, 4.69) is 0 Å². The summed E-state index contributed by atoms with van der Waals surface area (Å²) >= 11 is 0. The number of methoxy groups -OCH3 is 2. The predicted molar refractivity (Wildman–Crippen MR) is 59.4 cm³/mol. The Morgan fingerprint density at radius 1 is 1.27 bits per heavy atom. The van der Waals surface area contributed by atoms with Gasteiger partial charge in [0.2, 0.25) is 10.0 Å². The van der Waals surface area contributed by atoms with Crippen molar-refractivity contribution in [2.75, 3.05) is 39.7 Å². The minimum absolute atomic E-state index is 0.102. The second-order valence-corrected chi connectivity index (χ2v) is 5.52. The summed E-state index contributed by atoms with van der Waals surface area (Å²) in [5.74, 6) is 0.102. The van der Waals surface area contributed by atoms with E-state index < -0.39 is 10.0 Å². The maximum atomic E-state index is 11.7. The maximum absolute atomic E-state index is 11.7. The number of hydrogen-bond acceptors (Lipinski definition) is 4. The average Bonchev–Trinajstić information content (AvgIpc) is 2.18. The van der Waals surface area contributed by atoms with Gasteiger partial charge in [0.15, 0.2) is 0 Å². The lowest BCUT2D eigenvalue weighted by molar-refractivity contribution is 0.119. The Labute approximate surface area is 92.4 Å². The highest BCUT2D eigenvalue weighted by molar-refractivity contribution is 7.89. The molecule has 0 aliphatic rings. The van der Waals surface area contributed by atoms with Crippen LogP contribution in [0.25, 0.3) is 0 Å². The highest BCUT2D eigenvalue weighted by Crippen LogP contribution is 2.07. The van der Waals surface area contributed by atoms with Crippen LogP contribution in [-0.2, 0) is 19.5 Å². The molecule has 0 rings (SSSR count). The fourth-order valence-corrected chi connectivity index (χ4v) is 2.60. The molecule has 0 radical (unpaired) electrons. The van der Waals surface area contributed by atoms with Gasteiger partial charge in [-0.05, 0) is 13.8 Å². The molecule has 0 saturated carbocycles. The van der Waals surface area contributed by atoms with Crippen LogP contribution in [0.15, 0.2) is 0 Å². The zero-order valence-corrected chi connectivity index (χ0v) is 10.7. The molecule has 0 fully saturated rings. The smallest absolute Gasteiger partial charge is 0.214 e. The lowest BCUT2D eigenvalue weighted by Crippen LogP contribution is -2.43. The first-order chi connectivity index (χ1) is 6.99. The monoisotopic (exact) mass is 239 g/mol. The molecule has 0 aliphatic carbocycles. The summed E-state index contributed by atoms with van der Waals surface area (Å²) in [4.78, 5) is 0. The van der Waals surface area contributed by atoms with Crippen molar-refractivity contribution < 1.29 is 17.9 Å². The van der Waals surface area contributed by atoms with Crippen molar-refractivity contribution in [1.29, 1.82) is 0 Å². The minimum atomic E-state index is -3.18. The molecule has 6 heteroatoms. The van der Waals surface area contributed by atoms with Crippen LogP contribution in [-0.4, -0.2) is 58.5 Å². The van der Waals surface area contributed by atoms with Crippen LogP contribution in [0.3, 0.4) is 0 Å². The molecule has 1 unspecified atom stereocenters. The normalized spacial score (nSPS) is 14.5. The number of rotatable bonds is 8. The van der Waals surface area contributed by atoms with Crippen LogP contribution in [0.4, 0.5) is 0 Å². The molecule has 5 nitrogen and oxygen atoms in total. The van der Waals surface area contributed by atoms with Crippen LogP contribution < -0.4 is 0 Å². The molecule has 1 atom stereocenters. The molecule has 0 aromatic heterocycles. The molecule has 0 aromatic rings. The molecule has 0 bridgehead atoms. The van der Waals surface area contributed by atoms with Gasteiger partial charge in [0.25, 0.3) is 0 Å². The Morgan fingerprint density at radius 2 is 1.87 bits per heavy atom. The second kappa shape index (κ2) is 7.16. The Bertz CT molecular complexity index is 253. The SMILES string of the molecule is CCS(=O)(=O)N(CCOC)C(C)COC. The van der Waals surface area contributed by atoms with Gasteiger partial charge in [0, 0.05) is 26.8 Å². The Hall–Kier alpha value is -0.170. The van der Waals surface area contributed by atoms with Crippen molar-refractivity contribution in [3.63, 3.8) is 0 Å². The molecule has 0 aromatic carbocycles. The first kappa shape index (κ1) is 14.8. The molecular formula is C9H21NO4S. The van der Waals surface area contributed by atoms with E-state index in [0.717, 1.165) is 0 Å². The number of sulfonamides is 1. The van der Waals surface area contributed by atoms with E-state index in [9.17, 15) is 8.42 Å². The predicted octanol–water partition coefficient (Wildman–Crippen LogP) is 0.319. The van der Waals surface area contributed by atoms with Gasteiger partial charge in [-0.2, -0.15) is 4.31 Å². The largest absolute Gasteiger partial charge is 0.383 e. The van der Waals surface area contributed by atoms with E-state index in [4.69, 9.17) is 9.47 Å². The van der Waals surface area contributed by atoms with E-state index in [1.165, 1.54) is 4.31 Å². The zero-order valence-electron chi connectivity index (χ0n) is 9.89. The van der Waals surface area contributed by atoms with Gasteiger partial charge >= 0.3 is 0 Å². The first-order valence-corrected chi connectivity index (χ1v) is 6.57. The van der Waals surface area contributed by atoms with Crippen LogP contribution in [0.1, 0.15) is 13.8 Å². The van der Waals surface area contributed by atoms with Gasteiger partial charge in [0.05, 0.1) is 19.0 Å². The molecule has 0 amide bonds. The topological polar surface area (TPSA) is 55.8 Å². The third-order valence-corrected chi connectivity index (χ3v) is 4.12. The molecule has 0 saturated heterocycles. The van der Waals surface area contributed by atoms with Gasteiger partial charge in [-0.15, -0.1) is 0 Å². The van der Waals surface area contributed by atoms with Gasteiger partial charge in [0.1, 0.15) is 0 Å². The summed E-state index contributed by atoms with van der Waals surface area (Å²) < 4.78 is 34.8. The third-order valence-electron chi connectivity index (χ3n) is 2.14. The fraction of sp³-hybridized carbons (Fsp3) is 1.00. The summed E-state index contributed by atoms with van der Waals surface area (Å²) in [6, 6.07) is -0.157. The summed E-state index contributed by atoms with van der Waals surface area (Å²) in [6.07, 6.45) is 0. The standard InChI is InChI=1S/C9H21NO4S/c1-5-15(11,12)10(6-7-13-3)9(2)8-14-4/h9H,5-8H2,1-4H3. The summed E-state index contributed by atoms with van der Waals surface area (Å²) in [5, 5.41) is 0. The van der Waals surface area contributed by atoms with E-state index in [0.29, 0.717) is 19.8 Å². The molecule has 0 heterocycles. The molecular weight excluding hydrogens is 218 g/mol. The average molecular weight is 239 g/mol. The van der Waals surface area contributed by atoms with Crippen LogP contribution >= 0.6 is 0 Å². The van der Waals surface area contributed by atoms with Crippen molar-refractivity contribution in [3.05, 3.63) is 0 Å². The Morgan fingerprint density at radius 3 is 2.27 bits per heavy atom. The van der Waals surface area contributed by atoms with Crippen LogP contribution in [0.2, 0.25) is 0 Å². The number of nitrogens with zero attached hydrogens (tertiary/aromatic N) is 1. The first-order valence-electron chi connectivity index (χ1n) is 4.97. The van der Waals surface area contributed by atoms with Crippen LogP contribution in [0, 0.1) is 0 Å². The van der Waals surface area contributed by atoms with Gasteiger partial charge in [-0.25, -0.2) is 8.42 Å². The Balaban J connectivity index is 4.57. The quantitative estimate of drug-likeness (QED) is 0.612. The van der Waals surface area contributed by atoms with Gasteiger partial charge in [-0.3, -0.25) is 0 Å². The van der Waals surface area contributed by atoms with Crippen LogP contribution in [0.5, 0.6) is 0 Å². The molecule has 0 aliphatic heterocycles. The summed E-state index contributed by atoms with van der Waals surface area (Å²) in [7, 11) is -0.0682. The highest BCUT2D eigenvalue weighted by atomic mass is 32.2. The molecule has 0 spiro atoms. The number of ether oxygens (including phenoxy) is 2. The second-order valence-electron chi connectivity index (χ2n) is 3.31. The molecule has 0 N–H and O–H groups in total. The maximum Gasteiger partial charge on any atom is 0.214 e. The Kier molecular flexibility index (Phi) is 7.08. The number of hydrogen-bond donors (Lipinski definition) is 0. The van der Waals surface area contributed by atoms with Crippen molar-refractivity contribution in [3.8, 4) is 0 Å². The van der Waals surface area contributed by atoms with Gasteiger partial charge < -0.3 is 9.47 Å². The summed E-state index contributed by atoms with van der Waals surface area (Å²) in [5.41, 5.74) is 0. The zero-order chi connectivity index (χ0) is 11.9. The van der Waals surface area contributed by atoms with E-state index in [1.807, 2.05) is 6.92 Å².